The standard InChI is InChI=1S/C34H39ClFN7O3.C32H34ClFN6O2/c1-3-40-17-18-45-26(21-40)23-46-34-38-29-22-41(30-10-5-8-24-7-4-9-28(35)32(24)30)14-12-27(29)33(39-34)42-15-16-43(25(20-42)19-37-2)31(44)11-6-13-36;1-35-18-24-19-39(16-17-40(24)29(41)12-5-14-34)31-25-13-15-38(28-11-4-9-23-8-3-10-26(33)30(23)28)20-27(25)36-32(37-31)42-21-22-6-2-7-22/h4-11,25-26H,3,12-23H2,1H3;3-5,8-12,22,24H,2,6-7,13-21H2/b11-6+;12-5+/t25-,26?;24-/m00/s1. The number of amides is 2. The summed E-state index contributed by atoms with van der Waals surface area (Å²) >= 11 is 13.4. The van der Waals surface area contributed by atoms with Crippen molar-refractivity contribution in [3.8, 4) is 12.0 Å². The molecule has 460 valence electrons. The van der Waals surface area contributed by atoms with E-state index in [0.717, 1.165) is 111 Å². The largest absolute Gasteiger partial charge is 0.463 e. The number of hydrogen-bond acceptors (Lipinski definition) is 14. The number of likely N-dealkylation sites (N-methyl/N-ethyl adjacent to an activating group) is 1. The fourth-order valence-electron chi connectivity index (χ4n) is 12.8. The SMILES string of the molecule is [C-]#[N+]C[C@H]1CN(c2nc(OCC3CCC3)nc3c2CCN(c2cccc4cccc(Cl)c24)C3)CCN1C(=O)/C=C/CF.[C-]#[N+]C[C@H]1CN(c2nc(OCC3CN(CC)CCO3)nc3c2CCN(c2cccc4cccc(Cl)c24)C3)CCN1C(=O)/C=C/CF. The van der Waals surface area contributed by atoms with Crippen LogP contribution in [-0.2, 0) is 40.3 Å². The van der Waals surface area contributed by atoms with Crippen molar-refractivity contribution in [1.29, 1.82) is 0 Å². The Hall–Kier alpha value is -7.88. The van der Waals surface area contributed by atoms with E-state index in [2.05, 4.69) is 83.6 Å². The Bertz CT molecular complexity index is 3630. The van der Waals surface area contributed by atoms with E-state index in [9.17, 15) is 18.4 Å². The van der Waals surface area contributed by atoms with Crippen molar-refractivity contribution in [3.05, 3.63) is 152 Å². The molecule has 6 aliphatic rings. The number of piperazine rings is 2. The van der Waals surface area contributed by atoms with E-state index in [1.165, 1.54) is 43.6 Å². The number of allylic oxidation sites excluding steroid dienone is 2. The van der Waals surface area contributed by atoms with Gasteiger partial charge in [0.05, 0.1) is 47.7 Å². The maximum atomic E-state index is 12.8. The molecule has 3 atom stereocenters. The topological polar surface area (TPSA) is 145 Å². The lowest BCUT2D eigenvalue weighted by atomic mass is 9.86. The van der Waals surface area contributed by atoms with Gasteiger partial charge in [-0.25, -0.2) is 21.9 Å². The van der Waals surface area contributed by atoms with Crippen LogP contribution in [0.3, 0.4) is 0 Å². The Kier molecular flexibility index (Phi) is 20.3. The van der Waals surface area contributed by atoms with Crippen molar-refractivity contribution in [2.75, 3.05) is 138 Å². The van der Waals surface area contributed by atoms with Crippen LogP contribution in [0, 0.1) is 19.1 Å². The third-order valence-electron chi connectivity index (χ3n) is 17.6. The predicted octanol–water partition coefficient (Wildman–Crippen LogP) is 9.89. The van der Waals surface area contributed by atoms with Crippen LogP contribution in [0.1, 0.15) is 48.7 Å². The number of morpholine rings is 1. The normalized spacial score (nSPS) is 19.9. The Labute approximate surface area is 522 Å². The van der Waals surface area contributed by atoms with Crippen molar-refractivity contribution in [3.63, 3.8) is 0 Å². The number of benzene rings is 4. The second-order valence-corrected chi connectivity index (χ2v) is 23.8. The van der Waals surface area contributed by atoms with Gasteiger partial charge < -0.3 is 53.3 Å². The van der Waals surface area contributed by atoms with E-state index < -0.39 is 13.3 Å². The number of ether oxygens (including phenoxy) is 3. The number of halogens is 4. The molecule has 0 spiro atoms. The number of nitrogens with zero attached hydrogens (tertiary/aromatic N) is 13. The number of rotatable bonds is 17. The molecule has 4 aromatic carbocycles. The van der Waals surface area contributed by atoms with Gasteiger partial charge in [-0.1, -0.05) is 85.1 Å². The van der Waals surface area contributed by atoms with Crippen LogP contribution in [-0.4, -0.2) is 183 Å². The first-order valence-electron chi connectivity index (χ1n) is 30.5. The minimum atomic E-state index is -0.709. The molecule has 22 heteroatoms. The van der Waals surface area contributed by atoms with Gasteiger partial charge in [0.1, 0.15) is 49.8 Å². The summed E-state index contributed by atoms with van der Waals surface area (Å²) in [6.07, 6.45) is 9.86. The van der Waals surface area contributed by atoms with Gasteiger partial charge in [-0.3, -0.25) is 14.5 Å². The highest BCUT2D eigenvalue weighted by Gasteiger charge is 2.38. The maximum absolute atomic E-state index is 12.8. The quantitative estimate of drug-likeness (QED) is 0.0631. The maximum Gasteiger partial charge on any atom is 0.318 e. The van der Waals surface area contributed by atoms with Gasteiger partial charge in [0.25, 0.3) is 0 Å². The van der Waals surface area contributed by atoms with Crippen molar-refractivity contribution in [2.45, 2.75) is 70.3 Å². The lowest BCUT2D eigenvalue weighted by Gasteiger charge is -2.41. The zero-order valence-corrected chi connectivity index (χ0v) is 51.1. The molecule has 7 heterocycles. The average Bonchev–Trinajstić information content (AvgIpc) is 3.03. The van der Waals surface area contributed by atoms with Crippen LogP contribution < -0.4 is 29.1 Å². The summed E-state index contributed by atoms with van der Waals surface area (Å²) in [4.78, 5) is 67.1. The third-order valence-corrected chi connectivity index (χ3v) is 18.2. The molecule has 0 radical (unpaired) electrons. The van der Waals surface area contributed by atoms with Gasteiger partial charge >= 0.3 is 12.0 Å². The first-order valence-corrected chi connectivity index (χ1v) is 31.3. The van der Waals surface area contributed by atoms with E-state index in [1.54, 1.807) is 9.80 Å². The van der Waals surface area contributed by atoms with Gasteiger partial charge in [0.15, 0.2) is 0 Å². The smallest absolute Gasteiger partial charge is 0.318 e. The summed E-state index contributed by atoms with van der Waals surface area (Å²) in [6, 6.07) is 24.4. The molecule has 88 heavy (non-hydrogen) atoms. The van der Waals surface area contributed by atoms with Gasteiger partial charge in [-0.05, 0) is 85.3 Å². The van der Waals surface area contributed by atoms with E-state index in [0.29, 0.717) is 95.6 Å². The highest BCUT2D eigenvalue weighted by atomic mass is 35.5. The molecular weight excluding hydrogens is 1160 g/mol. The highest BCUT2D eigenvalue weighted by Crippen LogP contribution is 2.40. The van der Waals surface area contributed by atoms with Crippen LogP contribution in [0.2, 0.25) is 10.0 Å². The summed E-state index contributed by atoms with van der Waals surface area (Å²) in [5.74, 6) is 1.59. The molecule has 3 saturated heterocycles. The molecule has 1 unspecified atom stereocenters. The van der Waals surface area contributed by atoms with Crippen LogP contribution in [0.15, 0.2) is 97.1 Å². The summed E-state index contributed by atoms with van der Waals surface area (Å²) in [7, 11) is 0. The first kappa shape index (κ1) is 61.8. The molecule has 2 amide bonds. The minimum Gasteiger partial charge on any atom is -0.463 e. The molecule has 18 nitrogen and oxygen atoms in total. The van der Waals surface area contributed by atoms with Crippen LogP contribution >= 0.6 is 23.2 Å². The number of alkyl halides is 2. The minimum absolute atomic E-state index is 0.0823. The molecule has 6 aromatic rings. The van der Waals surface area contributed by atoms with E-state index in [1.807, 2.05) is 30.3 Å². The second-order valence-electron chi connectivity index (χ2n) is 22.9. The van der Waals surface area contributed by atoms with Crippen molar-refractivity contribution < 1.29 is 32.6 Å². The van der Waals surface area contributed by atoms with Gasteiger partial charge in [0.2, 0.25) is 24.9 Å². The van der Waals surface area contributed by atoms with Crippen molar-refractivity contribution in [2.24, 2.45) is 5.92 Å². The van der Waals surface area contributed by atoms with E-state index in [4.69, 9.17) is 70.5 Å². The zero-order chi connectivity index (χ0) is 61.1. The molecule has 2 aromatic heterocycles. The zero-order valence-electron chi connectivity index (χ0n) is 49.6. The van der Waals surface area contributed by atoms with Gasteiger partial charge in [-0.2, -0.15) is 19.9 Å². The number of hydrogen-bond donors (Lipinski definition) is 0. The van der Waals surface area contributed by atoms with Crippen molar-refractivity contribution >= 4 is 79.6 Å². The summed E-state index contributed by atoms with van der Waals surface area (Å²) in [5, 5.41) is 5.65. The molecule has 0 N–H and O–H groups in total. The summed E-state index contributed by atoms with van der Waals surface area (Å²) in [6.45, 7) is 25.8. The molecule has 5 aliphatic heterocycles. The lowest BCUT2D eigenvalue weighted by molar-refractivity contribution is -0.129. The number of fused-ring (bicyclic) bond motifs is 4. The van der Waals surface area contributed by atoms with Gasteiger partial charge in [-0.15, -0.1) is 0 Å². The number of aromatic nitrogens is 4. The first-order chi connectivity index (χ1) is 43.0. The number of carbonyl (C=O) groups excluding carboxylic acids is 2. The highest BCUT2D eigenvalue weighted by molar-refractivity contribution is 6.37. The molecule has 1 aliphatic carbocycles. The predicted molar refractivity (Wildman–Crippen MR) is 340 cm³/mol. The summed E-state index contributed by atoms with van der Waals surface area (Å²) < 4.78 is 43.8. The van der Waals surface area contributed by atoms with E-state index in [-0.39, 0.29) is 49.1 Å². The Morgan fingerprint density at radius 3 is 1.58 bits per heavy atom. The molecule has 4 fully saturated rings. The Morgan fingerprint density at radius 2 is 1.12 bits per heavy atom. The Morgan fingerprint density at radius 1 is 0.636 bits per heavy atom. The summed E-state index contributed by atoms with van der Waals surface area (Å²) in [5.41, 5.74) is 6.04. The fourth-order valence-corrected chi connectivity index (χ4v) is 13.3. The molecular formula is C66H73Cl2F2N13O5. The third kappa shape index (κ3) is 14.0. The van der Waals surface area contributed by atoms with Crippen LogP contribution in [0.4, 0.5) is 31.8 Å². The molecule has 12 rings (SSSR count). The fraction of sp³-hybridized carbons (Fsp3) is 0.455. The lowest BCUT2D eigenvalue weighted by Crippen LogP contribution is -2.56. The average molecular weight is 1240 g/mol. The molecule has 1 saturated carbocycles. The Balaban J connectivity index is 0.000000183. The van der Waals surface area contributed by atoms with E-state index >= 15 is 0 Å². The van der Waals surface area contributed by atoms with Crippen LogP contribution in [0.25, 0.3) is 31.2 Å². The van der Waals surface area contributed by atoms with Gasteiger partial charge in [0, 0.05) is 111 Å². The second kappa shape index (κ2) is 29.0. The number of carbonyl (C=O) groups is 2. The van der Waals surface area contributed by atoms with Crippen molar-refractivity contribution in [1.82, 2.24) is 34.6 Å². The van der Waals surface area contributed by atoms with Crippen LogP contribution in [0.5, 0.6) is 12.0 Å². The number of anilines is 4. The molecule has 0 bridgehead atoms. The monoisotopic (exact) mass is 1240 g/mol.